The van der Waals surface area contributed by atoms with Crippen LogP contribution in [0.2, 0.25) is 0 Å². The standard InChI is InChI=1S/C14H16F2N4O2S/c1-3-22-10-6-4-5-9(7-10)8(2)17-13(21)18-14-20-19-12(23-14)11(15)16/h4-8,11H,3H2,1-2H3,(H2,17,18,20,21)/t8-/m0/s1. The second-order valence-electron chi connectivity index (χ2n) is 4.57. The predicted molar refractivity (Wildman–Crippen MR) is 83.0 cm³/mol. The summed E-state index contributed by atoms with van der Waals surface area (Å²) in [5, 5.41) is 11.5. The molecule has 2 rings (SSSR count). The number of rotatable bonds is 6. The lowest BCUT2D eigenvalue weighted by atomic mass is 10.1. The van der Waals surface area contributed by atoms with Crippen LogP contribution in [0.1, 0.15) is 36.9 Å². The third-order valence-corrected chi connectivity index (χ3v) is 3.71. The molecular weight excluding hydrogens is 326 g/mol. The van der Waals surface area contributed by atoms with E-state index >= 15 is 0 Å². The van der Waals surface area contributed by atoms with E-state index in [1.807, 2.05) is 31.2 Å². The van der Waals surface area contributed by atoms with Gasteiger partial charge in [0.1, 0.15) is 5.75 Å². The summed E-state index contributed by atoms with van der Waals surface area (Å²) >= 11 is 0.637. The number of anilines is 1. The Balaban J connectivity index is 1.94. The van der Waals surface area contributed by atoms with Crippen molar-refractivity contribution in [3.05, 3.63) is 34.8 Å². The molecule has 0 spiro atoms. The third-order valence-electron chi connectivity index (χ3n) is 2.86. The Hall–Kier alpha value is -2.29. The van der Waals surface area contributed by atoms with Crippen LogP contribution in [0.4, 0.5) is 18.7 Å². The lowest BCUT2D eigenvalue weighted by Gasteiger charge is -2.15. The highest BCUT2D eigenvalue weighted by Gasteiger charge is 2.16. The quantitative estimate of drug-likeness (QED) is 0.838. The van der Waals surface area contributed by atoms with Crippen LogP contribution in [0.5, 0.6) is 5.75 Å². The van der Waals surface area contributed by atoms with Gasteiger partial charge in [0.05, 0.1) is 12.6 Å². The Labute approximate surface area is 135 Å². The summed E-state index contributed by atoms with van der Waals surface area (Å²) in [6, 6.07) is 6.50. The summed E-state index contributed by atoms with van der Waals surface area (Å²) < 4.78 is 30.2. The number of benzene rings is 1. The van der Waals surface area contributed by atoms with Crippen molar-refractivity contribution in [1.82, 2.24) is 15.5 Å². The topological polar surface area (TPSA) is 76.1 Å². The summed E-state index contributed by atoms with van der Waals surface area (Å²) in [5.74, 6) is 0.713. The molecule has 1 heterocycles. The first-order valence-corrected chi connectivity index (χ1v) is 7.73. The van der Waals surface area contributed by atoms with E-state index in [9.17, 15) is 13.6 Å². The van der Waals surface area contributed by atoms with Gasteiger partial charge in [0.2, 0.25) is 5.13 Å². The van der Waals surface area contributed by atoms with E-state index in [2.05, 4.69) is 20.8 Å². The van der Waals surface area contributed by atoms with Gasteiger partial charge < -0.3 is 10.1 Å². The molecule has 9 heteroatoms. The molecule has 23 heavy (non-hydrogen) atoms. The van der Waals surface area contributed by atoms with Crippen molar-refractivity contribution >= 4 is 22.5 Å². The number of alkyl halides is 2. The molecule has 6 nitrogen and oxygen atoms in total. The van der Waals surface area contributed by atoms with E-state index in [1.54, 1.807) is 6.92 Å². The number of hydrogen-bond acceptors (Lipinski definition) is 5. The van der Waals surface area contributed by atoms with Crippen LogP contribution in [0.25, 0.3) is 0 Å². The van der Waals surface area contributed by atoms with Crippen LogP contribution < -0.4 is 15.4 Å². The maximum atomic E-state index is 12.4. The number of carbonyl (C=O) groups excluding carboxylic acids is 1. The Kier molecular flexibility index (Phi) is 5.80. The monoisotopic (exact) mass is 342 g/mol. The average molecular weight is 342 g/mol. The van der Waals surface area contributed by atoms with Crippen LogP contribution in [0, 0.1) is 0 Å². The van der Waals surface area contributed by atoms with Gasteiger partial charge in [-0.2, -0.15) is 0 Å². The molecule has 1 aromatic heterocycles. The van der Waals surface area contributed by atoms with E-state index in [0.29, 0.717) is 23.7 Å². The highest BCUT2D eigenvalue weighted by Crippen LogP contribution is 2.25. The number of aromatic nitrogens is 2. The number of urea groups is 1. The molecule has 1 atom stereocenters. The Bertz CT molecular complexity index is 666. The summed E-state index contributed by atoms with van der Waals surface area (Å²) in [6.07, 6.45) is -2.70. The van der Waals surface area contributed by atoms with Crippen molar-refractivity contribution in [3.8, 4) is 5.75 Å². The van der Waals surface area contributed by atoms with E-state index in [4.69, 9.17) is 4.74 Å². The molecule has 0 unspecified atom stereocenters. The molecule has 124 valence electrons. The lowest BCUT2D eigenvalue weighted by molar-refractivity contribution is 0.150. The van der Waals surface area contributed by atoms with Crippen molar-refractivity contribution < 1.29 is 18.3 Å². The Morgan fingerprint density at radius 2 is 2.17 bits per heavy atom. The van der Waals surface area contributed by atoms with E-state index < -0.39 is 17.5 Å². The summed E-state index contributed by atoms with van der Waals surface area (Å²) in [4.78, 5) is 11.9. The minimum absolute atomic E-state index is 0.0214. The van der Waals surface area contributed by atoms with Crippen molar-refractivity contribution in [2.75, 3.05) is 11.9 Å². The van der Waals surface area contributed by atoms with Crippen molar-refractivity contribution in [1.29, 1.82) is 0 Å². The lowest BCUT2D eigenvalue weighted by Crippen LogP contribution is -2.31. The highest BCUT2D eigenvalue weighted by atomic mass is 32.1. The smallest absolute Gasteiger partial charge is 0.321 e. The first kappa shape index (κ1) is 17.1. The Morgan fingerprint density at radius 3 is 2.83 bits per heavy atom. The van der Waals surface area contributed by atoms with Gasteiger partial charge in [-0.05, 0) is 31.5 Å². The summed E-state index contributed by atoms with van der Waals surface area (Å²) in [6.45, 7) is 4.24. The molecule has 0 fully saturated rings. The van der Waals surface area contributed by atoms with Crippen LogP contribution in [-0.4, -0.2) is 22.8 Å². The molecule has 0 aliphatic rings. The number of ether oxygens (including phenoxy) is 1. The normalized spacial score (nSPS) is 12.0. The van der Waals surface area contributed by atoms with Crippen LogP contribution in [-0.2, 0) is 0 Å². The maximum absolute atomic E-state index is 12.4. The summed E-state index contributed by atoms with van der Waals surface area (Å²) in [5.41, 5.74) is 0.858. The predicted octanol–water partition coefficient (Wildman–Crippen LogP) is 3.76. The first-order chi connectivity index (χ1) is 11.0. The van der Waals surface area contributed by atoms with Gasteiger partial charge >= 0.3 is 6.03 Å². The first-order valence-electron chi connectivity index (χ1n) is 6.91. The van der Waals surface area contributed by atoms with Gasteiger partial charge in [0.25, 0.3) is 6.43 Å². The van der Waals surface area contributed by atoms with Gasteiger partial charge in [0.15, 0.2) is 5.01 Å². The van der Waals surface area contributed by atoms with Gasteiger partial charge in [0, 0.05) is 0 Å². The molecule has 0 aliphatic heterocycles. The fourth-order valence-corrected chi connectivity index (χ4v) is 2.42. The van der Waals surface area contributed by atoms with Gasteiger partial charge in [-0.25, -0.2) is 13.6 Å². The molecule has 1 aromatic carbocycles. The van der Waals surface area contributed by atoms with Crippen molar-refractivity contribution in [3.63, 3.8) is 0 Å². The number of halogens is 2. The molecule has 2 N–H and O–H groups in total. The van der Waals surface area contributed by atoms with Gasteiger partial charge in [-0.1, -0.05) is 23.5 Å². The highest BCUT2D eigenvalue weighted by molar-refractivity contribution is 7.15. The fraction of sp³-hybridized carbons (Fsp3) is 0.357. The number of hydrogen-bond donors (Lipinski definition) is 2. The SMILES string of the molecule is CCOc1cccc([C@H](C)NC(=O)Nc2nnc(C(F)F)s2)c1. The van der Waals surface area contributed by atoms with Crippen LogP contribution >= 0.6 is 11.3 Å². The van der Waals surface area contributed by atoms with Crippen molar-refractivity contribution in [2.45, 2.75) is 26.3 Å². The minimum atomic E-state index is -2.70. The van der Waals surface area contributed by atoms with Gasteiger partial charge in [-0.15, -0.1) is 10.2 Å². The Morgan fingerprint density at radius 1 is 1.39 bits per heavy atom. The van der Waals surface area contributed by atoms with Crippen LogP contribution in [0.15, 0.2) is 24.3 Å². The maximum Gasteiger partial charge on any atom is 0.321 e. The number of nitrogens with one attached hydrogen (secondary N) is 2. The van der Waals surface area contributed by atoms with Crippen LogP contribution in [0.3, 0.4) is 0 Å². The molecule has 2 amide bonds. The molecule has 0 bridgehead atoms. The molecular formula is C14H16F2N4O2S. The molecule has 0 saturated heterocycles. The molecule has 0 saturated carbocycles. The third kappa shape index (κ3) is 4.85. The van der Waals surface area contributed by atoms with Gasteiger partial charge in [-0.3, -0.25) is 5.32 Å². The number of amides is 2. The zero-order valence-electron chi connectivity index (χ0n) is 12.5. The number of nitrogens with zero attached hydrogens (tertiary/aromatic N) is 2. The average Bonchev–Trinajstić information content (AvgIpc) is 2.96. The van der Waals surface area contributed by atoms with Crippen molar-refractivity contribution in [2.24, 2.45) is 0 Å². The molecule has 2 aromatic rings. The minimum Gasteiger partial charge on any atom is -0.494 e. The second-order valence-corrected chi connectivity index (χ2v) is 5.58. The summed E-state index contributed by atoms with van der Waals surface area (Å²) in [7, 11) is 0. The zero-order chi connectivity index (χ0) is 16.8. The van der Waals surface area contributed by atoms with E-state index in [0.717, 1.165) is 5.56 Å². The van der Waals surface area contributed by atoms with E-state index in [1.165, 1.54) is 0 Å². The second kappa shape index (κ2) is 7.82. The number of carbonyl (C=O) groups is 1. The zero-order valence-corrected chi connectivity index (χ0v) is 13.4. The fourth-order valence-electron chi connectivity index (χ4n) is 1.83. The van der Waals surface area contributed by atoms with E-state index in [-0.39, 0.29) is 11.2 Å². The molecule has 0 radical (unpaired) electrons. The largest absolute Gasteiger partial charge is 0.494 e. The molecule has 0 aliphatic carbocycles.